The Labute approximate surface area is 122 Å². The summed E-state index contributed by atoms with van der Waals surface area (Å²) in [6, 6.07) is 2.14. The zero-order valence-electron chi connectivity index (χ0n) is 10.9. The molecule has 0 bridgehead atoms. The van der Waals surface area contributed by atoms with Crippen LogP contribution in [0, 0.1) is 0 Å². The van der Waals surface area contributed by atoms with Gasteiger partial charge in [0.1, 0.15) is 10.6 Å². The van der Waals surface area contributed by atoms with Crippen LogP contribution in [-0.4, -0.2) is 23.1 Å². The van der Waals surface area contributed by atoms with E-state index in [-0.39, 0.29) is 5.28 Å². The molecule has 0 saturated heterocycles. The molecular formula is C14H16ClN3S. The number of fused-ring (bicyclic) bond motifs is 1. The van der Waals surface area contributed by atoms with Crippen LogP contribution in [0.3, 0.4) is 0 Å². The quantitative estimate of drug-likeness (QED) is 0.593. The van der Waals surface area contributed by atoms with Crippen LogP contribution < -0.4 is 4.90 Å². The number of halogens is 1. The van der Waals surface area contributed by atoms with Gasteiger partial charge in [-0.05, 0) is 24.1 Å². The molecule has 0 fully saturated rings. The minimum atomic E-state index is 0.283. The lowest BCUT2D eigenvalue weighted by atomic mass is 10.3. The molecule has 2 rings (SSSR count). The average molecular weight is 294 g/mol. The van der Waals surface area contributed by atoms with E-state index in [1.54, 1.807) is 11.3 Å². The van der Waals surface area contributed by atoms with Crippen molar-refractivity contribution in [2.24, 2.45) is 0 Å². The first kappa shape index (κ1) is 14.0. The lowest BCUT2D eigenvalue weighted by Crippen LogP contribution is -2.24. The molecule has 0 atom stereocenters. The maximum absolute atomic E-state index is 6.03. The second-order valence-corrected chi connectivity index (χ2v) is 5.54. The topological polar surface area (TPSA) is 29.0 Å². The second-order valence-electron chi connectivity index (χ2n) is 4.08. The van der Waals surface area contributed by atoms with Crippen LogP contribution in [0.4, 0.5) is 5.82 Å². The number of anilines is 1. The molecule has 0 saturated carbocycles. The van der Waals surface area contributed by atoms with Gasteiger partial charge in [0, 0.05) is 18.0 Å². The molecule has 0 aromatic carbocycles. The monoisotopic (exact) mass is 293 g/mol. The van der Waals surface area contributed by atoms with Crippen LogP contribution in [0.5, 0.6) is 0 Å². The molecule has 0 radical (unpaired) electrons. The van der Waals surface area contributed by atoms with E-state index < -0.39 is 0 Å². The molecule has 0 N–H and O–H groups in total. The lowest BCUT2D eigenvalue weighted by Gasteiger charge is -2.21. The molecule has 2 aromatic rings. The third kappa shape index (κ3) is 2.96. The maximum atomic E-state index is 6.03. The van der Waals surface area contributed by atoms with Gasteiger partial charge in [0.25, 0.3) is 0 Å². The van der Waals surface area contributed by atoms with Crippen molar-refractivity contribution >= 4 is 39.0 Å². The summed E-state index contributed by atoms with van der Waals surface area (Å²) in [5.41, 5.74) is 0. The number of rotatable bonds is 6. The van der Waals surface area contributed by atoms with E-state index in [2.05, 4.69) is 41.0 Å². The summed E-state index contributed by atoms with van der Waals surface area (Å²) in [5.74, 6) is 0.853. The van der Waals surface area contributed by atoms with Crippen molar-refractivity contribution in [3.05, 3.63) is 41.5 Å². The van der Waals surface area contributed by atoms with E-state index in [0.717, 1.165) is 22.5 Å². The molecule has 0 aliphatic heterocycles. The molecule has 0 aliphatic rings. The summed E-state index contributed by atoms with van der Waals surface area (Å²) in [6.07, 6.45) is 4.68. The zero-order chi connectivity index (χ0) is 13.8. The molecule has 100 valence electrons. The van der Waals surface area contributed by atoms with Gasteiger partial charge in [-0.25, -0.2) is 4.98 Å². The summed E-state index contributed by atoms with van der Waals surface area (Å²) in [5, 5.41) is 1.33. The number of aryl methyl sites for hydroxylation is 1. The molecule has 0 amide bonds. The van der Waals surface area contributed by atoms with E-state index in [4.69, 9.17) is 11.6 Å². The molecule has 0 spiro atoms. The van der Waals surface area contributed by atoms with Crippen LogP contribution >= 0.6 is 22.9 Å². The SMILES string of the molecule is C=CCN(CC=C)c1nc(Cl)nc2sc(CC)cc12. The number of hydrogen-bond donors (Lipinski definition) is 0. The third-order valence-electron chi connectivity index (χ3n) is 2.74. The van der Waals surface area contributed by atoms with Crippen molar-refractivity contribution in [3.8, 4) is 0 Å². The van der Waals surface area contributed by atoms with Crippen molar-refractivity contribution in [3.63, 3.8) is 0 Å². The maximum Gasteiger partial charge on any atom is 0.225 e. The van der Waals surface area contributed by atoms with E-state index in [1.165, 1.54) is 4.88 Å². The first-order valence-corrected chi connectivity index (χ1v) is 7.31. The highest BCUT2D eigenvalue weighted by molar-refractivity contribution is 7.18. The van der Waals surface area contributed by atoms with Gasteiger partial charge in [-0.2, -0.15) is 4.98 Å². The minimum Gasteiger partial charge on any atom is -0.349 e. The van der Waals surface area contributed by atoms with Crippen molar-refractivity contribution in [2.45, 2.75) is 13.3 Å². The van der Waals surface area contributed by atoms with Gasteiger partial charge in [-0.1, -0.05) is 19.1 Å². The fourth-order valence-electron chi connectivity index (χ4n) is 1.91. The molecule has 3 nitrogen and oxygen atoms in total. The van der Waals surface area contributed by atoms with Crippen LogP contribution in [0.25, 0.3) is 10.2 Å². The van der Waals surface area contributed by atoms with E-state index in [1.807, 2.05) is 12.2 Å². The highest BCUT2D eigenvalue weighted by Crippen LogP contribution is 2.32. The second kappa shape index (κ2) is 6.17. The molecule has 0 unspecified atom stereocenters. The Morgan fingerprint density at radius 2 is 2.00 bits per heavy atom. The van der Waals surface area contributed by atoms with Crippen molar-refractivity contribution in [1.29, 1.82) is 0 Å². The van der Waals surface area contributed by atoms with Gasteiger partial charge in [0.05, 0.1) is 5.39 Å². The van der Waals surface area contributed by atoms with Crippen LogP contribution in [0.2, 0.25) is 5.28 Å². The van der Waals surface area contributed by atoms with Crippen LogP contribution in [-0.2, 0) is 6.42 Å². The number of aromatic nitrogens is 2. The number of hydrogen-bond acceptors (Lipinski definition) is 4. The fraction of sp³-hybridized carbons (Fsp3) is 0.286. The Bertz CT molecular complexity index is 596. The summed E-state index contributed by atoms with van der Waals surface area (Å²) in [6.45, 7) is 11.1. The smallest absolute Gasteiger partial charge is 0.225 e. The Hall–Kier alpha value is -1.39. The third-order valence-corrected chi connectivity index (χ3v) is 4.09. The predicted molar refractivity (Wildman–Crippen MR) is 84.4 cm³/mol. The zero-order valence-corrected chi connectivity index (χ0v) is 12.5. The largest absolute Gasteiger partial charge is 0.349 e. The highest BCUT2D eigenvalue weighted by atomic mass is 35.5. The summed E-state index contributed by atoms with van der Waals surface area (Å²) in [4.78, 5) is 13.0. The molecule has 2 heterocycles. The van der Waals surface area contributed by atoms with E-state index in [0.29, 0.717) is 13.1 Å². The lowest BCUT2D eigenvalue weighted by molar-refractivity contribution is 0.929. The first-order valence-electron chi connectivity index (χ1n) is 6.12. The minimum absolute atomic E-state index is 0.283. The van der Waals surface area contributed by atoms with Crippen molar-refractivity contribution in [1.82, 2.24) is 9.97 Å². The van der Waals surface area contributed by atoms with Gasteiger partial charge in [-0.15, -0.1) is 24.5 Å². The van der Waals surface area contributed by atoms with Gasteiger partial charge < -0.3 is 4.90 Å². The van der Waals surface area contributed by atoms with E-state index in [9.17, 15) is 0 Å². The van der Waals surface area contributed by atoms with Crippen LogP contribution in [0.1, 0.15) is 11.8 Å². The Kier molecular flexibility index (Phi) is 4.56. The highest BCUT2D eigenvalue weighted by Gasteiger charge is 2.14. The van der Waals surface area contributed by atoms with E-state index >= 15 is 0 Å². The van der Waals surface area contributed by atoms with Crippen molar-refractivity contribution in [2.75, 3.05) is 18.0 Å². The van der Waals surface area contributed by atoms with Gasteiger partial charge in [0.15, 0.2) is 0 Å². The first-order chi connectivity index (χ1) is 9.19. The summed E-state index contributed by atoms with van der Waals surface area (Å²) >= 11 is 7.69. The Balaban J connectivity index is 2.58. The average Bonchev–Trinajstić information content (AvgIpc) is 2.80. The Morgan fingerprint density at radius 1 is 1.32 bits per heavy atom. The van der Waals surface area contributed by atoms with Gasteiger partial charge >= 0.3 is 0 Å². The standard InChI is InChI=1S/C14H16ClN3S/c1-4-7-18(8-5-2)12-11-9-10(6-3)19-13(11)17-14(15)16-12/h4-5,9H,1-2,6-8H2,3H3. The molecular weight excluding hydrogens is 278 g/mol. The van der Waals surface area contributed by atoms with Crippen molar-refractivity contribution < 1.29 is 0 Å². The summed E-state index contributed by atoms with van der Waals surface area (Å²) in [7, 11) is 0. The molecule has 19 heavy (non-hydrogen) atoms. The van der Waals surface area contributed by atoms with Gasteiger partial charge in [0.2, 0.25) is 5.28 Å². The Morgan fingerprint density at radius 3 is 2.58 bits per heavy atom. The molecule has 5 heteroatoms. The fourth-order valence-corrected chi connectivity index (χ4v) is 3.08. The molecule has 2 aromatic heterocycles. The number of thiophene rings is 1. The predicted octanol–water partition coefficient (Wildman–Crippen LogP) is 4.09. The van der Waals surface area contributed by atoms with Crippen LogP contribution in [0.15, 0.2) is 31.4 Å². The summed E-state index contributed by atoms with van der Waals surface area (Å²) < 4.78 is 0. The van der Waals surface area contributed by atoms with Gasteiger partial charge in [-0.3, -0.25) is 0 Å². The normalized spacial score (nSPS) is 10.6. The molecule has 0 aliphatic carbocycles. The number of nitrogens with zero attached hydrogens (tertiary/aromatic N) is 3.